The van der Waals surface area contributed by atoms with E-state index in [1.165, 1.54) is 5.06 Å². The Morgan fingerprint density at radius 2 is 1.77 bits per heavy atom. The highest BCUT2D eigenvalue weighted by molar-refractivity contribution is 4.93. The van der Waals surface area contributed by atoms with E-state index in [0.29, 0.717) is 5.92 Å². The SMILES string of the molecule is C=C1CCC(C)CN1O.CC.CC. The summed E-state index contributed by atoms with van der Waals surface area (Å²) in [6.07, 6.45) is 2.10. The molecular weight excluding hydrogens is 162 g/mol. The van der Waals surface area contributed by atoms with Crippen LogP contribution in [0.4, 0.5) is 0 Å². The van der Waals surface area contributed by atoms with Gasteiger partial charge in [-0.15, -0.1) is 0 Å². The van der Waals surface area contributed by atoms with Gasteiger partial charge in [0.25, 0.3) is 0 Å². The lowest BCUT2D eigenvalue weighted by atomic mass is 10.0. The first-order chi connectivity index (χ1) is 6.20. The van der Waals surface area contributed by atoms with E-state index in [2.05, 4.69) is 13.5 Å². The van der Waals surface area contributed by atoms with Crippen molar-refractivity contribution in [1.29, 1.82) is 0 Å². The number of hydrogen-bond acceptors (Lipinski definition) is 2. The molecule has 0 aromatic heterocycles. The summed E-state index contributed by atoms with van der Waals surface area (Å²) in [5, 5.41) is 10.3. The number of allylic oxidation sites excluding steroid dienone is 1. The second-order valence-corrected chi connectivity index (χ2v) is 2.79. The highest BCUT2D eigenvalue weighted by atomic mass is 16.5. The summed E-state index contributed by atoms with van der Waals surface area (Å²) in [5.41, 5.74) is 0.855. The van der Waals surface area contributed by atoms with E-state index in [1.54, 1.807) is 0 Å². The zero-order valence-electron chi connectivity index (χ0n) is 9.80. The van der Waals surface area contributed by atoms with Crippen molar-refractivity contribution in [3.8, 4) is 0 Å². The molecule has 0 aliphatic carbocycles. The van der Waals surface area contributed by atoms with Crippen molar-refractivity contribution in [1.82, 2.24) is 5.06 Å². The lowest BCUT2D eigenvalue weighted by Crippen LogP contribution is -2.28. The molecular formula is C11H25NO. The number of hydroxylamine groups is 2. The summed E-state index contributed by atoms with van der Waals surface area (Å²) >= 11 is 0. The lowest BCUT2D eigenvalue weighted by Gasteiger charge is -2.28. The van der Waals surface area contributed by atoms with Crippen molar-refractivity contribution in [2.24, 2.45) is 5.92 Å². The molecule has 0 spiro atoms. The minimum atomic E-state index is 0.612. The van der Waals surface area contributed by atoms with Crippen LogP contribution in [0.15, 0.2) is 12.3 Å². The van der Waals surface area contributed by atoms with Crippen LogP contribution >= 0.6 is 0 Å². The molecule has 0 aromatic rings. The molecule has 80 valence electrons. The van der Waals surface area contributed by atoms with Gasteiger partial charge < -0.3 is 0 Å². The predicted octanol–water partition coefficient (Wildman–Crippen LogP) is 3.67. The largest absolute Gasteiger partial charge is 0.289 e. The molecule has 0 aromatic carbocycles. The summed E-state index contributed by atoms with van der Waals surface area (Å²) in [7, 11) is 0. The molecule has 1 aliphatic heterocycles. The zero-order valence-corrected chi connectivity index (χ0v) is 9.80. The van der Waals surface area contributed by atoms with Crippen LogP contribution in [-0.2, 0) is 0 Å². The maximum Gasteiger partial charge on any atom is 0.0475 e. The molecule has 1 N–H and O–H groups in total. The molecule has 1 atom stereocenters. The minimum Gasteiger partial charge on any atom is -0.289 e. The van der Waals surface area contributed by atoms with Crippen LogP contribution in [0.5, 0.6) is 0 Å². The van der Waals surface area contributed by atoms with E-state index < -0.39 is 0 Å². The Kier molecular flexibility index (Phi) is 11.1. The maximum absolute atomic E-state index is 9.08. The van der Waals surface area contributed by atoms with Crippen molar-refractivity contribution >= 4 is 0 Å². The van der Waals surface area contributed by atoms with Gasteiger partial charge in [0.15, 0.2) is 0 Å². The van der Waals surface area contributed by atoms with Crippen molar-refractivity contribution < 1.29 is 5.21 Å². The Bertz CT molecular complexity index is 123. The third-order valence-electron chi connectivity index (χ3n) is 1.78. The van der Waals surface area contributed by atoms with Crippen LogP contribution in [-0.4, -0.2) is 16.8 Å². The first kappa shape index (κ1) is 15.0. The fraction of sp³-hybridized carbons (Fsp3) is 0.818. The summed E-state index contributed by atoms with van der Waals surface area (Å²) < 4.78 is 0. The van der Waals surface area contributed by atoms with Gasteiger partial charge in [-0.1, -0.05) is 41.2 Å². The van der Waals surface area contributed by atoms with E-state index in [4.69, 9.17) is 5.21 Å². The molecule has 2 nitrogen and oxygen atoms in total. The molecule has 2 heteroatoms. The van der Waals surface area contributed by atoms with Gasteiger partial charge >= 0.3 is 0 Å². The van der Waals surface area contributed by atoms with Crippen LogP contribution in [0.2, 0.25) is 0 Å². The summed E-state index contributed by atoms with van der Waals surface area (Å²) in [4.78, 5) is 0. The highest BCUT2D eigenvalue weighted by Gasteiger charge is 2.15. The van der Waals surface area contributed by atoms with Crippen LogP contribution in [0.3, 0.4) is 0 Å². The van der Waals surface area contributed by atoms with E-state index in [0.717, 1.165) is 25.1 Å². The summed E-state index contributed by atoms with van der Waals surface area (Å²) in [6.45, 7) is 14.6. The van der Waals surface area contributed by atoms with Crippen molar-refractivity contribution in [3.05, 3.63) is 12.3 Å². The van der Waals surface area contributed by atoms with Gasteiger partial charge in [-0.2, -0.15) is 0 Å². The Morgan fingerprint density at radius 1 is 1.31 bits per heavy atom. The average Bonchev–Trinajstić information content (AvgIpc) is 2.18. The Balaban J connectivity index is 0. The second kappa shape index (κ2) is 9.59. The van der Waals surface area contributed by atoms with Crippen LogP contribution in [0.25, 0.3) is 0 Å². The van der Waals surface area contributed by atoms with Gasteiger partial charge in [0.1, 0.15) is 0 Å². The predicted molar refractivity (Wildman–Crippen MR) is 58.7 cm³/mol. The van der Waals surface area contributed by atoms with Gasteiger partial charge in [0.05, 0.1) is 0 Å². The molecule has 1 heterocycles. The molecule has 13 heavy (non-hydrogen) atoms. The van der Waals surface area contributed by atoms with Gasteiger partial charge in [-0.05, 0) is 18.8 Å². The smallest absolute Gasteiger partial charge is 0.0475 e. The Labute approximate surface area is 83.2 Å². The minimum absolute atomic E-state index is 0.612. The van der Waals surface area contributed by atoms with E-state index in [9.17, 15) is 0 Å². The Morgan fingerprint density at radius 3 is 2.08 bits per heavy atom. The zero-order chi connectivity index (χ0) is 10.9. The van der Waals surface area contributed by atoms with Crippen LogP contribution in [0, 0.1) is 5.92 Å². The number of rotatable bonds is 0. The van der Waals surface area contributed by atoms with Crippen LogP contribution in [0.1, 0.15) is 47.5 Å². The fourth-order valence-corrected chi connectivity index (χ4v) is 1.06. The fourth-order valence-electron chi connectivity index (χ4n) is 1.06. The van der Waals surface area contributed by atoms with E-state index in [1.807, 2.05) is 27.7 Å². The third-order valence-corrected chi connectivity index (χ3v) is 1.78. The Hall–Kier alpha value is -0.500. The van der Waals surface area contributed by atoms with Gasteiger partial charge in [-0.25, -0.2) is 0 Å². The molecule has 0 bridgehead atoms. The van der Waals surface area contributed by atoms with E-state index >= 15 is 0 Å². The third kappa shape index (κ3) is 6.64. The monoisotopic (exact) mass is 187 g/mol. The maximum atomic E-state index is 9.08. The normalized spacial score (nSPS) is 20.9. The topological polar surface area (TPSA) is 23.5 Å². The van der Waals surface area contributed by atoms with Gasteiger partial charge in [-0.3, -0.25) is 10.3 Å². The van der Waals surface area contributed by atoms with Crippen molar-refractivity contribution in [2.75, 3.05) is 6.54 Å². The average molecular weight is 187 g/mol. The van der Waals surface area contributed by atoms with Crippen molar-refractivity contribution in [2.45, 2.75) is 47.5 Å². The first-order valence-corrected chi connectivity index (χ1v) is 5.34. The summed E-state index contributed by atoms with van der Waals surface area (Å²) in [5.74, 6) is 0.612. The molecule has 1 rings (SSSR count). The first-order valence-electron chi connectivity index (χ1n) is 5.34. The van der Waals surface area contributed by atoms with Crippen molar-refractivity contribution in [3.63, 3.8) is 0 Å². The molecule has 0 saturated carbocycles. The quantitative estimate of drug-likeness (QED) is 0.625. The molecule has 1 unspecified atom stereocenters. The molecule has 0 amide bonds. The molecule has 1 saturated heterocycles. The summed E-state index contributed by atoms with van der Waals surface area (Å²) in [6, 6.07) is 0. The second-order valence-electron chi connectivity index (χ2n) is 2.79. The lowest BCUT2D eigenvalue weighted by molar-refractivity contribution is -0.0805. The van der Waals surface area contributed by atoms with Gasteiger partial charge in [0, 0.05) is 12.2 Å². The van der Waals surface area contributed by atoms with Crippen LogP contribution < -0.4 is 0 Å². The highest BCUT2D eigenvalue weighted by Crippen LogP contribution is 2.20. The molecule has 0 radical (unpaired) electrons. The van der Waals surface area contributed by atoms with E-state index in [-0.39, 0.29) is 0 Å². The number of nitrogens with zero attached hydrogens (tertiary/aromatic N) is 1. The standard InChI is InChI=1S/C7H13NO.2C2H6/c1-6-3-4-7(2)8(9)5-6;2*1-2/h6,9H,2-5H2,1H3;2*1-2H3. The molecule has 1 aliphatic rings. The molecule has 1 fully saturated rings. The number of piperidine rings is 1. The van der Waals surface area contributed by atoms with Gasteiger partial charge in [0.2, 0.25) is 0 Å². The number of hydrogen-bond donors (Lipinski definition) is 1.